The van der Waals surface area contributed by atoms with E-state index in [1.54, 1.807) is 6.92 Å². The summed E-state index contributed by atoms with van der Waals surface area (Å²) in [6, 6.07) is 5.65. The highest BCUT2D eigenvalue weighted by atomic mass is 16.1. The Balaban J connectivity index is 2.71. The van der Waals surface area contributed by atoms with Crippen molar-refractivity contribution in [3.05, 3.63) is 62.1 Å². The van der Waals surface area contributed by atoms with Crippen LogP contribution in [0, 0.1) is 20.8 Å². The first kappa shape index (κ1) is 15.0. The minimum atomic E-state index is -0.405. The molecule has 1 heterocycles. The fourth-order valence-corrected chi connectivity index (χ4v) is 2.73. The number of carbonyl (C=O) groups is 1. The van der Waals surface area contributed by atoms with Crippen molar-refractivity contribution in [2.24, 2.45) is 0 Å². The smallest absolute Gasteiger partial charge is 0.272 e. The Kier molecular flexibility index (Phi) is 3.98. The minimum Gasteiger partial charge on any atom is -0.394 e. The average molecular weight is 284 g/mol. The molecule has 1 aromatic heterocycles. The fraction of sp³-hybridized carbons (Fsp3) is 0.294. The molecule has 2 aromatic rings. The second-order valence-corrected chi connectivity index (χ2v) is 5.41. The molecule has 110 valence electrons. The maximum absolute atomic E-state index is 12.8. The van der Waals surface area contributed by atoms with Crippen LogP contribution in [0.2, 0.25) is 0 Å². The van der Waals surface area contributed by atoms with Crippen LogP contribution in [0.3, 0.4) is 0 Å². The number of nitrogen functional groups attached to an aromatic ring is 1. The number of H-pyrrole nitrogens is 1. The lowest BCUT2D eigenvalue weighted by Crippen LogP contribution is -2.22. The fourth-order valence-electron chi connectivity index (χ4n) is 2.73. The molecule has 2 rings (SSSR count). The number of aryl methyl sites for hydroxylation is 3. The van der Waals surface area contributed by atoms with Gasteiger partial charge in [-0.05, 0) is 44.9 Å². The third-order valence-corrected chi connectivity index (χ3v) is 3.63. The van der Waals surface area contributed by atoms with Crippen molar-refractivity contribution in [1.29, 1.82) is 0 Å². The zero-order chi connectivity index (χ0) is 15.7. The van der Waals surface area contributed by atoms with Crippen LogP contribution in [0.1, 0.15) is 45.2 Å². The van der Waals surface area contributed by atoms with E-state index in [0.717, 1.165) is 16.7 Å². The SMILES string of the molecule is CCc1c(C)[nH]c(=O)c(N)c1C(=O)c1cc(C)cc(C)c1. The molecule has 0 atom stereocenters. The lowest BCUT2D eigenvalue weighted by molar-refractivity contribution is 0.103. The van der Waals surface area contributed by atoms with Crippen LogP contribution in [0.15, 0.2) is 23.0 Å². The molecule has 0 aliphatic carbocycles. The molecule has 0 unspecified atom stereocenters. The van der Waals surface area contributed by atoms with Crippen LogP contribution < -0.4 is 11.3 Å². The Labute approximate surface area is 124 Å². The summed E-state index contributed by atoms with van der Waals surface area (Å²) in [4.78, 5) is 27.4. The first-order valence-corrected chi connectivity index (χ1v) is 6.99. The number of nitrogens with two attached hydrogens (primary N) is 1. The van der Waals surface area contributed by atoms with E-state index in [0.29, 0.717) is 23.2 Å². The van der Waals surface area contributed by atoms with E-state index >= 15 is 0 Å². The molecule has 0 bridgehead atoms. The third-order valence-electron chi connectivity index (χ3n) is 3.63. The molecule has 0 aliphatic heterocycles. The molecule has 4 nitrogen and oxygen atoms in total. The van der Waals surface area contributed by atoms with Crippen LogP contribution in [0.25, 0.3) is 0 Å². The van der Waals surface area contributed by atoms with Gasteiger partial charge in [0.15, 0.2) is 5.78 Å². The highest BCUT2D eigenvalue weighted by Gasteiger charge is 2.20. The topological polar surface area (TPSA) is 75.9 Å². The van der Waals surface area contributed by atoms with E-state index < -0.39 is 5.56 Å². The number of anilines is 1. The summed E-state index contributed by atoms with van der Waals surface area (Å²) in [5, 5.41) is 0. The average Bonchev–Trinajstić information content (AvgIpc) is 2.40. The van der Waals surface area contributed by atoms with Crippen molar-refractivity contribution in [2.45, 2.75) is 34.1 Å². The van der Waals surface area contributed by atoms with Gasteiger partial charge in [0.05, 0.1) is 5.56 Å². The molecule has 0 radical (unpaired) electrons. The third kappa shape index (κ3) is 2.75. The van der Waals surface area contributed by atoms with Crippen molar-refractivity contribution < 1.29 is 4.79 Å². The molecule has 0 saturated heterocycles. The molecule has 0 spiro atoms. The Morgan fingerprint density at radius 2 is 1.71 bits per heavy atom. The summed E-state index contributed by atoms with van der Waals surface area (Å²) in [5.74, 6) is -0.189. The van der Waals surface area contributed by atoms with Crippen molar-refractivity contribution in [1.82, 2.24) is 4.98 Å². The lowest BCUT2D eigenvalue weighted by atomic mass is 9.93. The lowest BCUT2D eigenvalue weighted by Gasteiger charge is -2.13. The quantitative estimate of drug-likeness (QED) is 0.851. The number of pyridine rings is 1. The Morgan fingerprint density at radius 3 is 2.24 bits per heavy atom. The zero-order valence-electron chi connectivity index (χ0n) is 12.8. The summed E-state index contributed by atoms with van der Waals surface area (Å²) < 4.78 is 0. The predicted octanol–water partition coefficient (Wildman–Crippen LogP) is 2.68. The van der Waals surface area contributed by atoms with Gasteiger partial charge in [-0.3, -0.25) is 9.59 Å². The van der Waals surface area contributed by atoms with Gasteiger partial charge in [-0.2, -0.15) is 0 Å². The van der Waals surface area contributed by atoms with Crippen LogP contribution in [0.5, 0.6) is 0 Å². The number of nitrogens with one attached hydrogen (secondary N) is 1. The summed E-state index contributed by atoms with van der Waals surface area (Å²) in [7, 11) is 0. The van der Waals surface area contributed by atoms with Gasteiger partial charge >= 0.3 is 0 Å². The largest absolute Gasteiger partial charge is 0.394 e. The van der Waals surface area contributed by atoms with Crippen LogP contribution in [0.4, 0.5) is 5.69 Å². The predicted molar refractivity (Wildman–Crippen MR) is 84.9 cm³/mol. The van der Waals surface area contributed by atoms with Crippen molar-refractivity contribution in [3.63, 3.8) is 0 Å². The van der Waals surface area contributed by atoms with Gasteiger partial charge in [0.1, 0.15) is 5.69 Å². The molecule has 0 amide bonds. The monoisotopic (exact) mass is 284 g/mol. The number of aromatic nitrogens is 1. The number of hydrogen-bond donors (Lipinski definition) is 2. The molecule has 3 N–H and O–H groups in total. The summed E-state index contributed by atoms with van der Waals surface area (Å²) in [6.45, 7) is 7.62. The first-order valence-electron chi connectivity index (χ1n) is 6.99. The standard InChI is InChI=1S/C17H20N2O2/c1-5-13-11(4)19-17(21)15(18)14(13)16(20)12-7-9(2)6-10(3)8-12/h6-8H,5,18H2,1-4H3,(H,19,21). The maximum Gasteiger partial charge on any atom is 0.272 e. The van der Waals surface area contributed by atoms with E-state index in [2.05, 4.69) is 4.98 Å². The molecule has 0 saturated carbocycles. The first-order chi connectivity index (χ1) is 9.85. The number of ketones is 1. The zero-order valence-corrected chi connectivity index (χ0v) is 12.8. The maximum atomic E-state index is 12.8. The normalized spacial score (nSPS) is 10.7. The van der Waals surface area contributed by atoms with E-state index in [1.165, 1.54) is 0 Å². The Morgan fingerprint density at radius 1 is 1.14 bits per heavy atom. The molecule has 0 aliphatic rings. The van der Waals surface area contributed by atoms with Gasteiger partial charge in [-0.1, -0.05) is 24.1 Å². The number of rotatable bonds is 3. The van der Waals surface area contributed by atoms with Gasteiger partial charge in [0, 0.05) is 11.3 Å². The van der Waals surface area contributed by atoms with Gasteiger partial charge in [-0.15, -0.1) is 0 Å². The van der Waals surface area contributed by atoms with Crippen molar-refractivity contribution in [2.75, 3.05) is 5.73 Å². The molecular formula is C17H20N2O2. The van der Waals surface area contributed by atoms with Crippen LogP contribution in [-0.4, -0.2) is 10.8 Å². The second-order valence-electron chi connectivity index (χ2n) is 5.41. The van der Waals surface area contributed by atoms with Gasteiger partial charge in [0.25, 0.3) is 5.56 Å². The Hall–Kier alpha value is -2.36. The van der Waals surface area contributed by atoms with Gasteiger partial charge in [-0.25, -0.2) is 0 Å². The summed E-state index contributed by atoms with van der Waals surface area (Å²) in [6.07, 6.45) is 0.638. The second kappa shape index (κ2) is 5.56. The van der Waals surface area contributed by atoms with E-state index in [-0.39, 0.29) is 11.5 Å². The number of aromatic amines is 1. The van der Waals surface area contributed by atoms with E-state index in [9.17, 15) is 9.59 Å². The highest BCUT2D eigenvalue weighted by Crippen LogP contribution is 2.22. The van der Waals surface area contributed by atoms with Crippen LogP contribution >= 0.6 is 0 Å². The number of benzene rings is 1. The molecule has 0 fully saturated rings. The number of carbonyl (C=O) groups excluding carboxylic acids is 1. The van der Waals surface area contributed by atoms with Crippen LogP contribution in [-0.2, 0) is 6.42 Å². The summed E-state index contributed by atoms with van der Waals surface area (Å²) >= 11 is 0. The Bertz CT molecular complexity index is 753. The minimum absolute atomic E-state index is 0.00149. The number of hydrogen-bond acceptors (Lipinski definition) is 3. The van der Waals surface area contributed by atoms with Gasteiger partial charge < -0.3 is 10.7 Å². The van der Waals surface area contributed by atoms with E-state index in [4.69, 9.17) is 5.73 Å². The van der Waals surface area contributed by atoms with Crippen molar-refractivity contribution in [3.8, 4) is 0 Å². The van der Waals surface area contributed by atoms with Gasteiger partial charge in [0.2, 0.25) is 0 Å². The molecule has 21 heavy (non-hydrogen) atoms. The molecule has 1 aromatic carbocycles. The highest BCUT2D eigenvalue weighted by molar-refractivity contribution is 6.13. The molecule has 4 heteroatoms. The van der Waals surface area contributed by atoms with Crippen molar-refractivity contribution >= 4 is 11.5 Å². The molecular weight excluding hydrogens is 264 g/mol. The summed E-state index contributed by atoms with van der Waals surface area (Å²) in [5.41, 5.74) is 9.90. The van der Waals surface area contributed by atoms with E-state index in [1.807, 2.05) is 39.0 Å².